The Hall–Kier alpha value is -1.00. The molecule has 1 aromatic rings. The van der Waals surface area contributed by atoms with Crippen molar-refractivity contribution in [3.63, 3.8) is 0 Å². The number of hydrogen-bond donors (Lipinski definition) is 1. The maximum Gasteiger partial charge on any atom is 0.171 e. The van der Waals surface area contributed by atoms with Crippen LogP contribution >= 0.6 is 11.6 Å². The van der Waals surface area contributed by atoms with Gasteiger partial charge in [0, 0.05) is 31.9 Å². The standard InChI is InChI=1S/C10H12ClN3O/c11-7-3-9-10(13-4-7)14-2-1-12-5-8(14)6-15-9/h3-4,8,12H,1-2,5-6H2. The van der Waals surface area contributed by atoms with E-state index in [1.54, 1.807) is 6.20 Å². The van der Waals surface area contributed by atoms with Crippen molar-refractivity contribution in [2.45, 2.75) is 6.04 Å². The molecule has 80 valence electrons. The molecule has 0 saturated carbocycles. The van der Waals surface area contributed by atoms with Crippen LogP contribution in [0.4, 0.5) is 5.82 Å². The zero-order valence-electron chi connectivity index (χ0n) is 8.24. The first-order valence-corrected chi connectivity index (χ1v) is 5.48. The van der Waals surface area contributed by atoms with Crippen LogP contribution < -0.4 is 15.0 Å². The van der Waals surface area contributed by atoms with Gasteiger partial charge in [0.05, 0.1) is 11.1 Å². The molecule has 2 aliphatic rings. The molecule has 1 atom stereocenters. The molecular formula is C10H12ClN3O. The molecule has 0 bridgehead atoms. The lowest BCUT2D eigenvalue weighted by Crippen LogP contribution is -2.56. The summed E-state index contributed by atoms with van der Waals surface area (Å²) in [5.74, 6) is 1.73. The Balaban J connectivity index is 1.99. The molecule has 4 nitrogen and oxygen atoms in total. The van der Waals surface area contributed by atoms with Crippen LogP contribution in [-0.4, -0.2) is 37.3 Å². The van der Waals surface area contributed by atoms with Crippen molar-refractivity contribution in [1.82, 2.24) is 10.3 Å². The molecule has 1 saturated heterocycles. The van der Waals surface area contributed by atoms with Crippen molar-refractivity contribution in [3.05, 3.63) is 17.3 Å². The molecular weight excluding hydrogens is 214 g/mol. The predicted octanol–water partition coefficient (Wildman–Crippen LogP) is 0.906. The summed E-state index contributed by atoms with van der Waals surface area (Å²) in [6, 6.07) is 2.24. The van der Waals surface area contributed by atoms with E-state index in [2.05, 4.69) is 15.2 Å². The topological polar surface area (TPSA) is 37.4 Å². The highest BCUT2D eigenvalue weighted by Crippen LogP contribution is 2.33. The van der Waals surface area contributed by atoms with Crippen LogP contribution in [0.3, 0.4) is 0 Å². The fourth-order valence-electron chi connectivity index (χ4n) is 2.11. The number of ether oxygens (including phenoxy) is 1. The van der Waals surface area contributed by atoms with Crippen molar-refractivity contribution in [2.24, 2.45) is 0 Å². The van der Waals surface area contributed by atoms with Crippen molar-refractivity contribution in [2.75, 3.05) is 31.1 Å². The summed E-state index contributed by atoms with van der Waals surface area (Å²) in [4.78, 5) is 6.64. The average Bonchev–Trinajstić information content (AvgIpc) is 2.28. The molecule has 1 fully saturated rings. The van der Waals surface area contributed by atoms with E-state index in [1.165, 1.54) is 0 Å². The number of nitrogens with one attached hydrogen (secondary N) is 1. The van der Waals surface area contributed by atoms with E-state index in [0.29, 0.717) is 17.7 Å². The van der Waals surface area contributed by atoms with E-state index in [1.807, 2.05) is 6.07 Å². The Morgan fingerprint density at radius 2 is 2.53 bits per heavy atom. The Bertz CT molecular complexity index is 385. The fourth-order valence-corrected chi connectivity index (χ4v) is 2.26. The van der Waals surface area contributed by atoms with Crippen LogP contribution in [0.2, 0.25) is 5.02 Å². The second kappa shape index (κ2) is 3.54. The number of piperazine rings is 1. The van der Waals surface area contributed by atoms with E-state index >= 15 is 0 Å². The Kier molecular flexibility index (Phi) is 2.18. The number of rotatable bonds is 0. The predicted molar refractivity (Wildman–Crippen MR) is 58.7 cm³/mol. The van der Waals surface area contributed by atoms with Crippen LogP contribution in [-0.2, 0) is 0 Å². The van der Waals surface area contributed by atoms with E-state index in [0.717, 1.165) is 31.2 Å². The van der Waals surface area contributed by atoms with Gasteiger partial charge in [0.2, 0.25) is 0 Å². The molecule has 5 heteroatoms. The summed E-state index contributed by atoms with van der Waals surface area (Å²) in [5.41, 5.74) is 0. The zero-order valence-corrected chi connectivity index (χ0v) is 9.00. The monoisotopic (exact) mass is 225 g/mol. The molecule has 1 aromatic heterocycles. The summed E-state index contributed by atoms with van der Waals surface area (Å²) in [5, 5.41) is 3.98. The van der Waals surface area contributed by atoms with Gasteiger partial charge in [-0.3, -0.25) is 0 Å². The van der Waals surface area contributed by atoms with Crippen LogP contribution in [0.5, 0.6) is 5.75 Å². The maximum absolute atomic E-state index is 5.88. The Morgan fingerprint density at radius 1 is 1.60 bits per heavy atom. The highest BCUT2D eigenvalue weighted by atomic mass is 35.5. The van der Waals surface area contributed by atoms with E-state index in [9.17, 15) is 0 Å². The van der Waals surface area contributed by atoms with Crippen LogP contribution in [0, 0.1) is 0 Å². The molecule has 15 heavy (non-hydrogen) atoms. The molecule has 0 aliphatic carbocycles. The molecule has 0 aromatic carbocycles. The first-order valence-electron chi connectivity index (χ1n) is 5.10. The summed E-state index contributed by atoms with van der Waals surface area (Å²) in [7, 11) is 0. The summed E-state index contributed by atoms with van der Waals surface area (Å²) in [6.45, 7) is 3.65. The number of halogens is 1. The van der Waals surface area contributed by atoms with E-state index in [4.69, 9.17) is 16.3 Å². The van der Waals surface area contributed by atoms with Crippen LogP contribution in [0.25, 0.3) is 0 Å². The van der Waals surface area contributed by atoms with Gasteiger partial charge >= 0.3 is 0 Å². The maximum atomic E-state index is 5.88. The zero-order chi connectivity index (χ0) is 10.3. The minimum Gasteiger partial charge on any atom is -0.487 e. The molecule has 3 heterocycles. The summed E-state index contributed by atoms with van der Waals surface area (Å²) < 4.78 is 5.65. The molecule has 1 unspecified atom stereocenters. The van der Waals surface area contributed by atoms with Gasteiger partial charge in [0.25, 0.3) is 0 Å². The second-order valence-electron chi connectivity index (χ2n) is 3.84. The fraction of sp³-hybridized carbons (Fsp3) is 0.500. The van der Waals surface area contributed by atoms with Gasteiger partial charge in [-0.25, -0.2) is 4.98 Å². The largest absolute Gasteiger partial charge is 0.487 e. The minimum absolute atomic E-state index is 0.403. The van der Waals surface area contributed by atoms with E-state index in [-0.39, 0.29) is 0 Å². The quantitative estimate of drug-likeness (QED) is 0.712. The number of fused-ring (bicyclic) bond motifs is 3. The van der Waals surface area contributed by atoms with Gasteiger partial charge in [-0.15, -0.1) is 0 Å². The van der Waals surface area contributed by atoms with Gasteiger partial charge in [-0.05, 0) is 0 Å². The Morgan fingerprint density at radius 3 is 3.47 bits per heavy atom. The van der Waals surface area contributed by atoms with Crippen LogP contribution in [0.15, 0.2) is 12.3 Å². The number of anilines is 1. The number of aromatic nitrogens is 1. The minimum atomic E-state index is 0.403. The van der Waals surface area contributed by atoms with Crippen molar-refractivity contribution < 1.29 is 4.74 Å². The Labute approximate surface area is 93.2 Å². The third-order valence-electron chi connectivity index (χ3n) is 2.85. The lowest BCUT2D eigenvalue weighted by Gasteiger charge is -2.40. The third kappa shape index (κ3) is 1.54. The van der Waals surface area contributed by atoms with Gasteiger partial charge < -0.3 is 15.0 Å². The first-order chi connectivity index (χ1) is 7.34. The van der Waals surface area contributed by atoms with Gasteiger partial charge in [0.1, 0.15) is 6.61 Å². The lowest BCUT2D eigenvalue weighted by atomic mass is 10.1. The molecule has 1 N–H and O–H groups in total. The molecule has 2 aliphatic heterocycles. The first kappa shape index (κ1) is 9.24. The second-order valence-corrected chi connectivity index (χ2v) is 4.27. The third-order valence-corrected chi connectivity index (χ3v) is 3.06. The molecule has 0 amide bonds. The van der Waals surface area contributed by atoms with Crippen molar-refractivity contribution in [1.29, 1.82) is 0 Å². The van der Waals surface area contributed by atoms with E-state index < -0.39 is 0 Å². The molecule has 3 rings (SSSR count). The molecule has 0 radical (unpaired) electrons. The highest BCUT2D eigenvalue weighted by molar-refractivity contribution is 6.30. The SMILES string of the molecule is Clc1cnc2c(c1)OCC1CNCCN21. The number of hydrogen-bond acceptors (Lipinski definition) is 4. The summed E-state index contributed by atoms with van der Waals surface area (Å²) >= 11 is 5.88. The lowest BCUT2D eigenvalue weighted by molar-refractivity contribution is 0.244. The van der Waals surface area contributed by atoms with Gasteiger partial charge in [0.15, 0.2) is 11.6 Å². The van der Waals surface area contributed by atoms with Gasteiger partial charge in [-0.2, -0.15) is 0 Å². The van der Waals surface area contributed by atoms with Crippen LogP contribution in [0.1, 0.15) is 0 Å². The highest BCUT2D eigenvalue weighted by Gasteiger charge is 2.30. The normalized spacial score (nSPS) is 24.1. The average molecular weight is 226 g/mol. The summed E-state index contributed by atoms with van der Waals surface area (Å²) in [6.07, 6.45) is 1.67. The smallest absolute Gasteiger partial charge is 0.171 e. The molecule has 0 spiro atoms. The van der Waals surface area contributed by atoms with Gasteiger partial charge in [-0.1, -0.05) is 11.6 Å². The van der Waals surface area contributed by atoms with Crippen molar-refractivity contribution >= 4 is 17.4 Å². The number of pyridine rings is 1. The van der Waals surface area contributed by atoms with Crippen molar-refractivity contribution in [3.8, 4) is 5.75 Å². The number of nitrogens with zero attached hydrogens (tertiary/aromatic N) is 2.